The highest BCUT2D eigenvalue weighted by atomic mass is 32.2. The SMILES string of the molecule is CCCCS(=O)(=O)N1CCC(CNc2nc(C)nc3c2cnn3C)C1. The van der Waals surface area contributed by atoms with E-state index < -0.39 is 10.0 Å². The van der Waals surface area contributed by atoms with Gasteiger partial charge in [-0.15, -0.1) is 0 Å². The molecule has 0 spiro atoms. The lowest BCUT2D eigenvalue weighted by atomic mass is 10.1. The number of hydrogen-bond acceptors (Lipinski definition) is 6. The van der Waals surface area contributed by atoms with Gasteiger partial charge in [0.2, 0.25) is 10.0 Å². The van der Waals surface area contributed by atoms with Gasteiger partial charge < -0.3 is 5.32 Å². The first-order chi connectivity index (χ1) is 11.9. The number of unbranched alkanes of at least 4 members (excludes halogenated alkanes) is 1. The molecule has 25 heavy (non-hydrogen) atoms. The van der Waals surface area contributed by atoms with Crippen molar-refractivity contribution >= 4 is 26.9 Å². The molecule has 0 bridgehead atoms. The van der Waals surface area contributed by atoms with Gasteiger partial charge in [0.15, 0.2) is 5.65 Å². The molecule has 1 saturated heterocycles. The van der Waals surface area contributed by atoms with E-state index in [1.165, 1.54) is 0 Å². The molecule has 0 radical (unpaired) electrons. The van der Waals surface area contributed by atoms with Crippen LogP contribution in [0.25, 0.3) is 11.0 Å². The smallest absolute Gasteiger partial charge is 0.214 e. The van der Waals surface area contributed by atoms with E-state index in [2.05, 4.69) is 20.4 Å². The Morgan fingerprint density at radius 2 is 2.16 bits per heavy atom. The van der Waals surface area contributed by atoms with Gasteiger partial charge in [0.05, 0.1) is 17.3 Å². The zero-order chi connectivity index (χ0) is 18.0. The molecule has 8 nitrogen and oxygen atoms in total. The largest absolute Gasteiger partial charge is 0.369 e. The van der Waals surface area contributed by atoms with E-state index in [4.69, 9.17) is 0 Å². The van der Waals surface area contributed by atoms with Crippen molar-refractivity contribution in [2.45, 2.75) is 33.1 Å². The van der Waals surface area contributed by atoms with E-state index in [0.29, 0.717) is 31.4 Å². The Bertz CT molecular complexity index is 848. The first-order valence-corrected chi connectivity index (χ1v) is 10.4. The molecule has 0 saturated carbocycles. The van der Waals surface area contributed by atoms with Crippen molar-refractivity contribution in [1.29, 1.82) is 0 Å². The molecule has 138 valence electrons. The van der Waals surface area contributed by atoms with Crippen LogP contribution in [0.4, 0.5) is 5.82 Å². The molecule has 0 aliphatic carbocycles. The molecular formula is C16H26N6O2S. The first-order valence-electron chi connectivity index (χ1n) is 8.78. The van der Waals surface area contributed by atoms with Gasteiger partial charge >= 0.3 is 0 Å². The van der Waals surface area contributed by atoms with E-state index in [9.17, 15) is 8.42 Å². The van der Waals surface area contributed by atoms with E-state index in [0.717, 1.165) is 36.1 Å². The van der Waals surface area contributed by atoms with Gasteiger partial charge in [-0.05, 0) is 25.7 Å². The molecule has 0 aromatic carbocycles. The summed E-state index contributed by atoms with van der Waals surface area (Å²) < 4.78 is 28.0. The summed E-state index contributed by atoms with van der Waals surface area (Å²) in [6.45, 7) is 5.76. The maximum Gasteiger partial charge on any atom is 0.214 e. The first kappa shape index (κ1) is 18.1. The highest BCUT2D eigenvalue weighted by Gasteiger charge is 2.30. The van der Waals surface area contributed by atoms with E-state index in [-0.39, 0.29) is 5.75 Å². The predicted octanol–water partition coefficient (Wildman–Crippen LogP) is 1.54. The minimum absolute atomic E-state index is 0.255. The fourth-order valence-corrected chi connectivity index (χ4v) is 4.91. The molecule has 1 N–H and O–H groups in total. The van der Waals surface area contributed by atoms with Crippen LogP contribution in [0.3, 0.4) is 0 Å². The Morgan fingerprint density at radius 1 is 1.36 bits per heavy atom. The number of rotatable bonds is 7. The van der Waals surface area contributed by atoms with Crippen LogP contribution in [0.15, 0.2) is 6.20 Å². The summed E-state index contributed by atoms with van der Waals surface area (Å²) in [5.41, 5.74) is 0.796. The molecule has 0 amide bonds. The lowest BCUT2D eigenvalue weighted by Crippen LogP contribution is -2.31. The fourth-order valence-electron chi connectivity index (χ4n) is 3.18. The molecular weight excluding hydrogens is 340 g/mol. The van der Waals surface area contributed by atoms with Crippen LogP contribution in [-0.2, 0) is 17.1 Å². The Balaban J connectivity index is 1.64. The monoisotopic (exact) mass is 366 g/mol. The summed E-state index contributed by atoms with van der Waals surface area (Å²) in [6, 6.07) is 0. The lowest BCUT2D eigenvalue weighted by Gasteiger charge is -2.17. The highest BCUT2D eigenvalue weighted by Crippen LogP contribution is 2.23. The number of aromatic nitrogens is 4. The molecule has 1 aliphatic rings. The Kier molecular flexibility index (Phi) is 5.24. The molecule has 9 heteroatoms. The number of aryl methyl sites for hydroxylation is 2. The van der Waals surface area contributed by atoms with Gasteiger partial charge in [0, 0.05) is 26.7 Å². The van der Waals surface area contributed by atoms with E-state index >= 15 is 0 Å². The van der Waals surface area contributed by atoms with Crippen LogP contribution >= 0.6 is 0 Å². The van der Waals surface area contributed by atoms with Gasteiger partial charge in [-0.3, -0.25) is 4.68 Å². The standard InChI is InChI=1S/C16H26N6O2S/c1-4-5-8-25(23,24)22-7-6-13(11-22)9-17-15-14-10-18-21(3)16(14)20-12(2)19-15/h10,13H,4-9,11H2,1-3H3,(H,17,19,20). The third-order valence-electron chi connectivity index (χ3n) is 4.66. The molecule has 1 unspecified atom stereocenters. The fraction of sp³-hybridized carbons (Fsp3) is 0.688. The quantitative estimate of drug-likeness (QED) is 0.799. The summed E-state index contributed by atoms with van der Waals surface area (Å²) in [6.07, 6.45) is 4.25. The minimum Gasteiger partial charge on any atom is -0.369 e. The van der Waals surface area contributed by atoms with Crippen molar-refractivity contribution in [1.82, 2.24) is 24.1 Å². The van der Waals surface area contributed by atoms with Crippen molar-refractivity contribution in [2.75, 3.05) is 30.7 Å². The third-order valence-corrected chi connectivity index (χ3v) is 6.58. The average Bonchev–Trinajstić information content (AvgIpc) is 3.19. The van der Waals surface area contributed by atoms with Gasteiger partial charge in [0.25, 0.3) is 0 Å². The minimum atomic E-state index is -3.11. The average molecular weight is 366 g/mol. The number of hydrogen-bond donors (Lipinski definition) is 1. The number of sulfonamides is 1. The van der Waals surface area contributed by atoms with Crippen molar-refractivity contribution < 1.29 is 8.42 Å². The highest BCUT2D eigenvalue weighted by molar-refractivity contribution is 7.89. The Labute approximate surface area is 148 Å². The molecule has 1 atom stereocenters. The Morgan fingerprint density at radius 3 is 2.92 bits per heavy atom. The molecule has 2 aromatic rings. The van der Waals surface area contributed by atoms with Gasteiger partial charge in [-0.2, -0.15) is 5.10 Å². The number of anilines is 1. The van der Waals surface area contributed by atoms with Gasteiger partial charge in [0.1, 0.15) is 11.6 Å². The van der Waals surface area contributed by atoms with Crippen molar-refractivity contribution in [3.8, 4) is 0 Å². The second-order valence-electron chi connectivity index (χ2n) is 6.69. The van der Waals surface area contributed by atoms with Crippen LogP contribution in [0.1, 0.15) is 32.0 Å². The number of fused-ring (bicyclic) bond motifs is 1. The summed E-state index contributed by atoms with van der Waals surface area (Å²) in [7, 11) is -1.25. The molecule has 3 rings (SSSR count). The van der Waals surface area contributed by atoms with Crippen molar-refractivity contribution in [3.63, 3.8) is 0 Å². The maximum atomic E-state index is 12.3. The second-order valence-corrected chi connectivity index (χ2v) is 8.78. The Hall–Kier alpha value is -1.74. The van der Waals surface area contributed by atoms with Crippen LogP contribution in [0.5, 0.6) is 0 Å². The van der Waals surface area contributed by atoms with Crippen LogP contribution < -0.4 is 5.32 Å². The molecule has 1 fully saturated rings. The molecule has 1 aliphatic heterocycles. The van der Waals surface area contributed by atoms with Crippen LogP contribution in [-0.4, -0.2) is 57.9 Å². The van der Waals surface area contributed by atoms with Crippen LogP contribution in [0, 0.1) is 12.8 Å². The third kappa shape index (κ3) is 3.92. The summed E-state index contributed by atoms with van der Waals surface area (Å²) in [5.74, 6) is 2.00. The van der Waals surface area contributed by atoms with Gasteiger partial charge in [-0.25, -0.2) is 22.7 Å². The normalized spacial score (nSPS) is 18.9. The maximum absolute atomic E-state index is 12.3. The topological polar surface area (TPSA) is 93.0 Å². The van der Waals surface area contributed by atoms with Crippen LogP contribution in [0.2, 0.25) is 0 Å². The molecule has 3 heterocycles. The lowest BCUT2D eigenvalue weighted by molar-refractivity contribution is 0.460. The summed E-state index contributed by atoms with van der Waals surface area (Å²) >= 11 is 0. The van der Waals surface area contributed by atoms with Crippen molar-refractivity contribution in [3.05, 3.63) is 12.0 Å². The van der Waals surface area contributed by atoms with Crippen molar-refractivity contribution in [2.24, 2.45) is 13.0 Å². The summed E-state index contributed by atoms with van der Waals surface area (Å²) in [4.78, 5) is 8.89. The zero-order valence-electron chi connectivity index (χ0n) is 15.1. The van der Waals surface area contributed by atoms with E-state index in [1.807, 2.05) is 20.9 Å². The summed E-state index contributed by atoms with van der Waals surface area (Å²) in [5, 5.41) is 8.50. The number of nitrogens with one attached hydrogen (secondary N) is 1. The van der Waals surface area contributed by atoms with E-state index in [1.54, 1.807) is 15.2 Å². The zero-order valence-corrected chi connectivity index (χ0v) is 15.9. The predicted molar refractivity (Wildman–Crippen MR) is 97.9 cm³/mol. The number of nitrogens with zero attached hydrogens (tertiary/aromatic N) is 5. The van der Waals surface area contributed by atoms with Gasteiger partial charge in [-0.1, -0.05) is 13.3 Å². The second kappa shape index (κ2) is 7.25. The molecule has 2 aromatic heterocycles.